The summed E-state index contributed by atoms with van der Waals surface area (Å²) in [7, 11) is 0. The van der Waals surface area contributed by atoms with Gasteiger partial charge in [-0.25, -0.2) is 4.39 Å². The number of halogens is 2. The third-order valence-corrected chi connectivity index (χ3v) is 1.62. The Bertz CT molecular complexity index is 160. The second-order valence-electron chi connectivity index (χ2n) is 2.21. The van der Waals surface area contributed by atoms with Crippen LogP contribution in [0.25, 0.3) is 0 Å². The van der Waals surface area contributed by atoms with Gasteiger partial charge in [0.05, 0.1) is 0 Å². The monoisotopic (exact) mass is 146 g/mol. The molecule has 9 heavy (non-hydrogen) atoms. The first-order valence-electron chi connectivity index (χ1n) is 2.90. The lowest BCUT2D eigenvalue weighted by molar-refractivity contribution is 0.333. The van der Waals surface area contributed by atoms with Crippen molar-refractivity contribution in [2.75, 3.05) is 0 Å². The first-order chi connectivity index (χ1) is 4.20. The minimum absolute atomic E-state index is 0.0671. The van der Waals surface area contributed by atoms with Gasteiger partial charge >= 0.3 is 0 Å². The fourth-order valence-corrected chi connectivity index (χ4v) is 1.03. The van der Waals surface area contributed by atoms with E-state index in [1.165, 1.54) is 6.08 Å². The molecule has 2 atom stereocenters. The van der Waals surface area contributed by atoms with Crippen LogP contribution in [0.5, 0.6) is 0 Å². The van der Waals surface area contributed by atoms with Gasteiger partial charge in [-0.1, -0.05) is 24.6 Å². The van der Waals surface area contributed by atoms with Gasteiger partial charge in [0, 0.05) is 11.0 Å². The highest BCUT2D eigenvalue weighted by Gasteiger charge is 2.13. The highest BCUT2D eigenvalue weighted by atomic mass is 35.5. The minimum Gasteiger partial charge on any atom is -0.242 e. The maximum atomic E-state index is 12.6. The summed E-state index contributed by atoms with van der Waals surface area (Å²) in [4.78, 5) is 0. The predicted molar refractivity (Wildman–Crippen MR) is 37.1 cm³/mol. The van der Waals surface area contributed by atoms with E-state index in [2.05, 4.69) is 0 Å². The molecular formula is C7H8ClF. The summed E-state index contributed by atoms with van der Waals surface area (Å²) in [5.41, 5.74) is 0. The number of hydrogen-bond donors (Lipinski definition) is 0. The lowest BCUT2D eigenvalue weighted by Crippen LogP contribution is -2.09. The Balaban J connectivity index is 2.70. The molecule has 1 rings (SSSR count). The molecule has 0 amide bonds. The van der Waals surface area contributed by atoms with Crippen LogP contribution < -0.4 is 0 Å². The molecule has 0 aromatic rings. The fourth-order valence-electron chi connectivity index (χ4n) is 0.758. The van der Waals surface area contributed by atoms with Crippen molar-refractivity contribution in [3.63, 3.8) is 0 Å². The molecule has 0 saturated heterocycles. The fraction of sp³-hybridized carbons (Fsp3) is 0.429. The van der Waals surface area contributed by atoms with E-state index in [0.29, 0.717) is 5.03 Å². The molecule has 0 bridgehead atoms. The number of hydrogen-bond acceptors (Lipinski definition) is 0. The molecule has 0 aromatic carbocycles. The van der Waals surface area contributed by atoms with Gasteiger partial charge in [-0.15, -0.1) is 0 Å². The maximum absolute atomic E-state index is 12.6. The Kier molecular flexibility index (Phi) is 1.91. The molecule has 1 aliphatic carbocycles. The highest BCUT2D eigenvalue weighted by Crippen LogP contribution is 2.20. The molecule has 0 aromatic heterocycles. The van der Waals surface area contributed by atoms with Crippen molar-refractivity contribution in [3.8, 4) is 0 Å². The minimum atomic E-state index is -0.854. The zero-order valence-electron chi connectivity index (χ0n) is 5.14. The number of allylic oxidation sites excluding steroid dienone is 4. The molecule has 2 heteroatoms. The molecular weight excluding hydrogens is 139 g/mol. The summed E-state index contributed by atoms with van der Waals surface area (Å²) in [6.45, 7) is 1.80. The van der Waals surface area contributed by atoms with E-state index in [-0.39, 0.29) is 5.92 Å². The molecule has 0 heterocycles. The van der Waals surface area contributed by atoms with Crippen molar-refractivity contribution in [2.45, 2.75) is 13.1 Å². The average Bonchev–Trinajstić information content (AvgIpc) is 1.80. The van der Waals surface area contributed by atoms with E-state index in [0.717, 1.165) is 0 Å². The van der Waals surface area contributed by atoms with Crippen LogP contribution in [-0.2, 0) is 0 Å². The molecule has 0 N–H and O–H groups in total. The Morgan fingerprint density at radius 2 is 2.33 bits per heavy atom. The zero-order chi connectivity index (χ0) is 6.85. The first kappa shape index (κ1) is 6.81. The third kappa shape index (κ3) is 1.55. The molecule has 50 valence electrons. The molecule has 0 radical (unpaired) electrons. The van der Waals surface area contributed by atoms with E-state index in [1.807, 2.05) is 0 Å². The van der Waals surface area contributed by atoms with Crippen LogP contribution in [0, 0.1) is 5.92 Å². The molecule has 1 aliphatic rings. The quantitative estimate of drug-likeness (QED) is 0.493. The van der Waals surface area contributed by atoms with Crippen LogP contribution in [0.15, 0.2) is 23.3 Å². The van der Waals surface area contributed by atoms with Gasteiger partial charge in [0.25, 0.3) is 0 Å². The van der Waals surface area contributed by atoms with E-state index in [4.69, 9.17) is 11.6 Å². The van der Waals surface area contributed by atoms with E-state index in [1.54, 1.807) is 19.1 Å². The van der Waals surface area contributed by atoms with Crippen molar-refractivity contribution in [2.24, 2.45) is 5.92 Å². The molecule has 0 fully saturated rings. The van der Waals surface area contributed by atoms with Gasteiger partial charge in [-0.2, -0.15) is 0 Å². The third-order valence-electron chi connectivity index (χ3n) is 1.36. The average molecular weight is 147 g/mol. The number of rotatable bonds is 0. The van der Waals surface area contributed by atoms with Crippen molar-refractivity contribution in [1.82, 2.24) is 0 Å². The molecule has 0 saturated carbocycles. The van der Waals surface area contributed by atoms with Crippen molar-refractivity contribution in [3.05, 3.63) is 23.3 Å². The van der Waals surface area contributed by atoms with Crippen molar-refractivity contribution in [1.29, 1.82) is 0 Å². The van der Waals surface area contributed by atoms with Gasteiger partial charge in [-0.05, 0) is 12.2 Å². The zero-order valence-corrected chi connectivity index (χ0v) is 5.90. The molecule has 0 spiro atoms. The molecule has 1 unspecified atom stereocenters. The van der Waals surface area contributed by atoms with Gasteiger partial charge < -0.3 is 0 Å². The summed E-state index contributed by atoms with van der Waals surface area (Å²) in [6, 6.07) is 0. The largest absolute Gasteiger partial charge is 0.242 e. The van der Waals surface area contributed by atoms with Crippen molar-refractivity contribution < 1.29 is 4.39 Å². The topological polar surface area (TPSA) is 0 Å². The normalized spacial score (nSPS) is 34.3. The lowest BCUT2D eigenvalue weighted by atomic mass is 10.0. The van der Waals surface area contributed by atoms with Crippen LogP contribution in [0.3, 0.4) is 0 Å². The highest BCUT2D eigenvalue weighted by molar-refractivity contribution is 6.31. The van der Waals surface area contributed by atoms with E-state index in [9.17, 15) is 4.39 Å². The summed E-state index contributed by atoms with van der Waals surface area (Å²) in [6.07, 6.45) is 3.93. The number of alkyl halides is 1. The standard InChI is InChI=1S/C7H8ClF/c1-5-4-6(8)2-3-7(5)9/h2-5,7H,1H3/t5-,7?/m0/s1. The Morgan fingerprint density at radius 3 is 2.78 bits per heavy atom. The van der Waals surface area contributed by atoms with E-state index < -0.39 is 6.17 Å². The summed E-state index contributed by atoms with van der Waals surface area (Å²) < 4.78 is 12.6. The van der Waals surface area contributed by atoms with Gasteiger partial charge in [0.1, 0.15) is 6.17 Å². The second kappa shape index (κ2) is 2.53. The van der Waals surface area contributed by atoms with Crippen LogP contribution >= 0.6 is 11.6 Å². The summed E-state index contributed by atoms with van der Waals surface area (Å²) in [5, 5.41) is 0.636. The van der Waals surface area contributed by atoms with Gasteiger partial charge in [0.15, 0.2) is 0 Å². The molecule has 0 nitrogen and oxygen atoms in total. The van der Waals surface area contributed by atoms with Crippen molar-refractivity contribution >= 4 is 11.6 Å². The van der Waals surface area contributed by atoms with Crippen LogP contribution in [0.4, 0.5) is 4.39 Å². The maximum Gasteiger partial charge on any atom is 0.125 e. The van der Waals surface area contributed by atoms with Gasteiger partial charge in [0.2, 0.25) is 0 Å². The van der Waals surface area contributed by atoms with Gasteiger partial charge in [-0.3, -0.25) is 0 Å². The summed E-state index contributed by atoms with van der Waals surface area (Å²) >= 11 is 5.58. The smallest absolute Gasteiger partial charge is 0.125 e. The Labute approximate surface area is 59.0 Å². The first-order valence-corrected chi connectivity index (χ1v) is 3.27. The Hall–Kier alpha value is -0.300. The SMILES string of the molecule is C[C@H]1C=C(Cl)C=CC1F. The van der Waals surface area contributed by atoms with E-state index >= 15 is 0 Å². The predicted octanol–water partition coefficient (Wildman–Crippen LogP) is 2.65. The van der Waals surface area contributed by atoms with Crippen LogP contribution in [0.1, 0.15) is 6.92 Å². The van der Waals surface area contributed by atoms with Crippen LogP contribution in [0.2, 0.25) is 0 Å². The lowest BCUT2D eigenvalue weighted by Gasteiger charge is -2.12. The summed E-state index contributed by atoms with van der Waals surface area (Å²) in [5.74, 6) is -0.0671. The molecule has 0 aliphatic heterocycles. The second-order valence-corrected chi connectivity index (χ2v) is 2.65. The van der Waals surface area contributed by atoms with Crippen LogP contribution in [-0.4, -0.2) is 6.17 Å². The Morgan fingerprint density at radius 1 is 1.67 bits per heavy atom.